The molecule has 0 aliphatic carbocycles. The number of hydrogen-bond acceptors (Lipinski definition) is 5. The van der Waals surface area contributed by atoms with Crippen LogP contribution in [0.3, 0.4) is 0 Å². The Balaban J connectivity index is 4.18. The van der Waals surface area contributed by atoms with Crippen LogP contribution in [-0.2, 0) is 9.53 Å². The summed E-state index contributed by atoms with van der Waals surface area (Å²) in [5, 5.41) is 20.6. The van der Waals surface area contributed by atoms with Crippen LogP contribution in [0.5, 0.6) is 0 Å². The number of ether oxygens (including phenoxy) is 1. The van der Waals surface area contributed by atoms with Crippen molar-refractivity contribution in [3.05, 3.63) is 0 Å². The first kappa shape index (κ1) is 14.3. The molecule has 0 saturated heterocycles. The summed E-state index contributed by atoms with van der Waals surface area (Å²) < 4.78 is 4.88. The van der Waals surface area contributed by atoms with E-state index in [9.17, 15) is 4.79 Å². The summed E-state index contributed by atoms with van der Waals surface area (Å²) in [6, 6.07) is -0.912. The van der Waals surface area contributed by atoms with E-state index in [1.54, 1.807) is 6.92 Å². The Bertz CT molecular complexity index is 171. The molecule has 1 atom stereocenters. The van der Waals surface area contributed by atoms with Crippen molar-refractivity contribution in [1.82, 2.24) is 5.32 Å². The first-order valence-corrected chi connectivity index (χ1v) is 5.33. The molecule has 0 aromatic rings. The normalized spacial score (nSPS) is 12.9. The smallest absolute Gasteiger partial charge is 0.323 e. The summed E-state index contributed by atoms with van der Waals surface area (Å²) >= 11 is 0. The van der Waals surface area contributed by atoms with Gasteiger partial charge in [0.1, 0.15) is 6.04 Å². The van der Waals surface area contributed by atoms with E-state index in [1.807, 2.05) is 6.92 Å². The zero-order valence-electron chi connectivity index (χ0n) is 9.40. The second-order valence-corrected chi connectivity index (χ2v) is 3.32. The molecule has 0 aromatic carbocycles. The van der Waals surface area contributed by atoms with E-state index in [1.165, 1.54) is 0 Å². The van der Waals surface area contributed by atoms with Crippen LogP contribution < -0.4 is 5.32 Å². The van der Waals surface area contributed by atoms with Gasteiger partial charge in [-0.2, -0.15) is 0 Å². The average Bonchev–Trinajstić information content (AvgIpc) is 2.24. The number of esters is 1. The summed E-state index contributed by atoms with van der Waals surface area (Å²) in [4.78, 5) is 11.5. The van der Waals surface area contributed by atoms with E-state index >= 15 is 0 Å². The van der Waals surface area contributed by atoms with Crippen molar-refractivity contribution in [3.63, 3.8) is 0 Å². The lowest BCUT2D eigenvalue weighted by atomic mass is 10.1. The first-order chi connectivity index (χ1) is 7.19. The van der Waals surface area contributed by atoms with Crippen LogP contribution >= 0.6 is 0 Å². The number of carbonyl (C=O) groups excluding carboxylic acids is 1. The molecule has 5 heteroatoms. The third-order valence-electron chi connectivity index (χ3n) is 2.03. The van der Waals surface area contributed by atoms with Crippen molar-refractivity contribution in [2.45, 2.75) is 38.8 Å². The van der Waals surface area contributed by atoms with E-state index < -0.39 is 12.1 Å². The maximum atomic E-state index is 11.5. The van der Waals surface area contributed by atoms with E-state index in [4.69, 9.17) is 14.9 Å². The number of hydrogen-bond donors (Lipinski definition) is 3. The third kappa shape index (κ3) is 5.71. The van der Waals surface area contributed by atoms with E-state index in [0.29, 0.717) is 13.0 Å². The molecule has 0 rings (SSSR count). The van der Waals surface area contributed by atoms with Crippen LogP contribution in [-0.4, -0.2) is 48.1 Å². The maximum absolute atomic E-state index is 11.5. The Hall–Kier alpha value is -0.650. The number of aliphatic hydroxyl groups excluding tert-OH is 2. The molecule has 0 spiro atoms. The van der Waals surface area contributed by atoms with E-state index in [0.717, 1.165) is 6.42 Å². The lowest BCUT2D eigenvalue weighted by Crippen LogP contribution is -2.47. The van der Waals surface area contributed by atoms with Gasteiger partial charge in [0.15, 0.2) is 0 Å². The third-order valence-corrected chi connectivity index (χ3v) is 2.03. The minimum atomic E-state index is -0.467. The highest BCUT2D eigenvalue weighted by Gasteiger charge is 2.21. The molecule has 0 aliphatic heterocycles. The molecule has 0 saturated carbocycles. The molecule has 3 N–H and O–H groups in total. The molecule has 0 aliphatic rings. The minimum absolute atomic E-state index is 0.198. The highest BCUT2D eigenvalue weighted by atomic mass is 16.5. The van der Waals surface area contributed by atoms with Crippen LogP contribution in [0.15, 0.2) is 0 Å². The first-order valence-electron chi connectivity index (χ1n) is 5.33. The van der Waals surface area contributed by atoms with Gasteiger partial charge in [0.25, 0.3) is 0 Å². The van der Waals surface area contributed by atoms with Crippen LogP contribution in [0.4, 0.5) is 0 Å². The van der Waals surface area contributed by atoms with Crippen molar-refractivity contribution in [1.29, 1.82) is 0 Å². The molecule has 0 amide bonds. The topological polar surface area (TPSA) is 78.8 Å². The number of carbonyl (C=O) groups is 1. The Morgan fingerprint density at radius 3 is 2.33 bits per heavy atom. The van der Waals surface area contributed by atoms with Gasteiger partial charge in [-0.15, -0.1) is 0 Å². The summed E-state index contributed by atoms with van der Waals surface area (Å²) in [5.74, 6) is -0.328. The Morgan fingerprint density at radius 1 is 1.33 bits per heavy atom. The van der Waals surface area contributed by atoms with Crippen molar-refractivity contribution < 1.29 is 19.7 Å². The lowest BCUT2D eigenvalue weighted by molar-refractivity contribution is -0.146. The summed E-state index contributed by atoms with van der Waals surface area (Å²) in [6.45, 7) is 3.65. The van der Waals surface area contributed by atoms with Crippen molar-refractivity contribution in [2.75, 3.05) is 19.8 Å². The van der Waals surface area contributed by atoms with Gasteiger partial charge in [-0.1, -0.05) is 13.3 Å². The van der Waals surface area contributed by atoms with Crippen LogP contribution in [0.25, 0.3) is 0 Å². The van der Waals surface area contributed by atoms with Gasteiger partial charge < -0.3 is 14.9 Å². The van der Waals surface area contributed by atoms with Crippen LogP contribution in [0.1, 0.15) is 26.7 Å². The predicted octanol–water partition coefficient (Wildman–Crippen LogP) is -0.339. The molecule has 0 aromatic heterocycles. The van der Waals surface area contributed by atoms with Crippen LogP contribution in [0.2, 0.25) is 0 Å². The Labute approximate surface area is 90.4 Å². The molecule has 0 heterocycles. The lowest BCUT2D eigenvalue weighted by Gasteiger charge is -2.21. The monoisotopic (exact) mass is 219 g/mol. The van der Waals surface area contributed by atoms with Crippen molar-refractivity contribution >= 4 is 5.97 Å². The van der Waals surface area contributed by atoms with Crippen molar-refractivity contribution in [2.24, 2.45) is 0 Å². The fourth-order valence-electron chi connectivity index (χ4n) is 1.25. The van der Waals surface area contributed by atoms with E-state index in [2.05, 4.69) is 5.32 Å². The number of nitrogens with one attached hydrogen (secondary N) is 1. The molecule has 90 valence electrons. The SMILES string of the molecule is CCCC(NC(CO)CO)C(=O)OCC. The fourth-order valence-corrected chi connectivity index (χ4v) is 1.25. The summed E-state index contributed by atoms with van der Waals surface area (Å²) in [5.41, 5.74) is 0. The maximum Gasteiger partial charge on any atom is 0.323 e. The molecule has 5 nitrogen and oxygen atoms in total. The van der Waals surface area contributed by atoms with Gasteiger partial charge in [0, 0.05) is 0 Å². The van der Waals surface area contributed by atoms with Gasteiger partial charge in [0.05, 0.1) is 25.9 Å². The average molecular weight is 219 g/mol. The van der Waals surface area contributed by atoms with Gasteiger partial charge in [-0.3, -0.25) is 10.1 Å². The zero-order valence-corrected chi connectivity index (χ0v) is 9.40. The Kier molecular flexibility index (Phi) is 8.27. The number of aliphatic hydroxyl groups is 2. The standard InChI is InChI=1S/C10H21NO4/c1-3-5-9(10(14)15-4-2)11-8(6-12)7-13/h8-9,11-13H,3-7H2,1-2H3. The van der Waals surface area contributed by atoms with Gasteiger partial charge in [0.2, 0.25) is 0 Å². The molecule has 1 unspecified atom stereocenters. The zero-order chi connectivity index (χ0) is 11.7. The highest BCUT2D eigenvalue weighted by Crippen LogP contribution is 2.01. The fraction of sp³-hybridized carbons (Fsp3) is 0.900. The predicted molar refractivity (Wildman–Crippen MR) is 56.4 cm³/mol. The number of rotatable bonds is 8. The minimum Gasteiger partial charge on any atom is -0.465 e. The largest absolute Gasteiger partial charge is 0.465 e. The molecule has 0 bridgehead atoms. The van der Waals surface area contributed by atoms with Crippen LogP contribution in [0, 0.1) is 0 Å². The molecule has 0 fully saturated rings. The highest BCUT2D eigenvalue weighted by molar-refractivity contribution is 5.75. The van der Waals surface area contributed by atoms with E-state index in [-0.39, 0.29) is 19.2 Å². The summed E-state index contributed by atoms with van der Waals surface area (Å²) in [7, 11) is 0. The molecular formula is C10H21NO4. The second kappa shape index (κ2) is 8.64. The van der Waals surface area contributed by atoms with Gasteiger partial charge in [-0.25, -0.2) is 0 Å². The van der Waals surface area contributed by atoms with Gasteiger partial charge >= 0.3 is 5.97 Å². The molecule has 0 radical (unpaired) electrons. The second-order valence-electron chi connectivity index (χ2n) is 3.32. The summed E-state index contributed by atoms with van der Waals surface area (Å²) in [6.07, 6.45) is 1.47. The quantitative estimate of drug-likeness (QED) is 0.487. The van der Waals surface area contributed by atoms with Crippen molar-refractivity contribution in [3.8, 4) is 0 Å². The molecular weight excluding hydrogens is 198 g/mol. The Morgan fingerprint density at radius 2 is 1.93 bits per heavy atom. The van der Waals surface area contributed by atoms with Gasteiger partial charge in [-0.05, 0) is 13.3 Å². The molecule has 15 heavy (non-hydrogen) atoms.